The Bertz CT molecular complexity index is 568. The highest BCUT2D eigenvalue weighted by Gasteiger charge is 2.18. The van der Waals surface area contributed by atoms with Crippen LogP contribution in [-0.4, -0.2) is 28.0 Å². The van der Waals surface area contributed by atoms with E-state index in [2.05, 4.69) is 10.4 Å². The molecule has 1 aliphatic heterocycles. The fraction of sp³-hybridized carbons (Fsp3) is 0.438. The van der Waals surface area contributed by atoms with E-state index in [0.29, 0.717) is 11.7 Å². The van der Waals surface area contributed by atoms with Gasteiger partial charge in [-0.2, -0.15) is 5.10 Å². The fourth-order valence-corrected chi connectivity index (χ4v) is 2.96. The number of piperidine rings is 1. The Morgan fingerprint density at radius 2 is 2.15 bits per heavy atom. The molecule has 2 aromatic rings. The Morgan fingerprint density at radius 3 is 2.85 bits per heavy atom. The van der Waals surface area contributed by atoms with Crippen LogP contribution in [0.3, 0.4) is 0 Å². The van der Waals surface area contributed by atoms with Gasteiger partial charge < -0.3 is 10.4 Å². The van der Waals surface area contributed by atoms with Gasteiger partial charge in [-0.1, -0.05) is 12.1 Å². The lowest BCUT2D eigenvalue weighted by molar-refractivity contribution is 0.370. The third-order valence-corrected chi connectivity index (χ3v) is 4.12. The topological polar surface area (TPSA) is 50.1 Å². The Kier molecular flexibility index (Phi) is 3.74. The maximum absolute atomic E-state index is 9.41. The van der Waals surface area contributed by atoms with Crippen molar-refractivity contribution in [2.75, 3.05) is 13.1 Å². The second kappa shape index (κ2) is 5.67. The third kappa shape index (κ3) is 2.70. The molecule has 1 unspecified atom stereocenters. The first-order chi connectivity index (χ1) is 9.74. The number of phenolic OH excluding ortho intramolecular Hbond substituents is 1. The molecule has 0 bridgehead atoms. The summed E-state index contributed by atoms with van der Waals surface area (Å²) in [6.07, 6.45) is 5.53. The highest BCUT2D eigenvalue weighted by atomic mass is 16.3. The number of aromatic nitrogens is 2. The molecule has 1 aliphatic rings. The summed E-state index contributed by atoms with van der Waals surface area (Å²) in [6.45, 7) is 2.24. The molecule has 1 aromatic heterocycles. The molecule has 1 aromatic carbocycles. The van der Waals surface area contributed by atoms with Crippen molar-refractivity contribution in [2.45, 2.75) is 19.3 Å². The fourth-order valence-electron chi connectivity index (χ4n) is 2.96. The van der Waals surface area contributed by atoms with Crippen LogP contribution in [0.1, 0.15) is 18.5 Å². The summed E-state index contributed by atoms with van der Waals surface area (Å²) in [5.41, 5.74) is 3.58. The van der Waals surface area contributed by atoms with Crippen LogP contribution in [0.2, 0.25) is 0 Å². The number of benzene rings is 1. The van der Waals surface area contributed by atoms with Crippen molar-refractivity contribution in [2.24, 2.45) is 13.0 Å². The lowest BCUT2D eigenvalue weighted by Gasteiger charge is -2.23. The normalized spacial score (nSPS) is 19.1. The van der Waals surface area contributed by atoms with E-state index in [-0.39, 0.29) is 0 Å². The van der Waals surface area contributed by atoms with Crippen molar-refractivity contribution < 1.29 is 5.11 Å². The van der Waals surface area contributed by atoms with Crippen molar-refractivity contribution in [3.63, 3.8) is 0 Å². The third-order valence-electron chi connectivity index (χ3n) is 4.12. The van der Waals surface area contributed by atoms with E-state index < -0.39 is 0 Å². The molecule has 0 saturated carbocycles. The zero-order chi connectivity index (χ0) is 13.9. The lowest BCUT2D eigenvalue weighted by atomic mass is 9.92. The number of aromatic hydroxyl groups is 1. The largest absolute Gasteiger partial charge is 0.508 e. The number of aryl methyl sites for hydroxylation is 1. The monoisotopic (exact) mass is 271 g/mol. The highest BCUT2D eigenvalue weighted by Crippen LogP contribution is 2.28. The van der Waals surface area contributed by atoms with Crippen LogP contribution in [0, 0.1) is 5.92 Å². The van der Waals surface area contributed by atoms with Gasteiger partial charge in [-0.05, 0) is 56.0 Å². The average Bonchev–Trinajstić information content (AvgIpc) is 2.83. The van der Waals surface area contributed by atoms with Gasteiger partial charge in [-0.25, -0.2) is 0 Å². The zero-order valence-electron chi connectivity index (χ0n) is 11.8. The van der Waals surface area contributed by atoms with E-state index in [1.807, 2.05) is 30.1 Å². The molecule has 0 amide bonds. The van der Waals surface area contributed by atoms with Crippen molar-refractivity contribution in [3.8, 4) is 16.9 Å². The number of nitrogens with zero attached hydrogens (tertiary/aromatic N) is 2. The Morgan fingerprint density at radius 1 is 1.35 bits per heavy atom. The summed E-state index contributed by atoms with van der Waals surface area (Å²) in [4.78, 5) is 0. The standard InChI is InChI=1S/C16H21N3O/c1-19-16(9-12-3-2-8-17-10-12)15(11-18-19)13-4-6-14(20)7-5-13/h4-7,11-12,17,20H,2-3,8-10H2,1H3. The number of nitrogens with one attached hydrogen (secondary N) is 1. The minimum absolute atomic E-state index is 0.302. The molecule has 0 radical (unpaired) electrons. The van der Waals surface area contributed by atoms with E-state index in [0.717, 1.165) is 25.1 Å². The van der Waals surface area contributed by atoms with Crippen LogP contribution in [0.5, 0.6) is 5.75 Å². The SMILES string of the molecule is Cn1ncc(-c2ccc(O)cc2)c1CC1CCCNC1. The maximum Gasteiger partial charge on any atom is 0.115 e. The van der Waals surface area contributed by atoms with Gasteiger partial charge in [0.2, 0.25) is 0 Å². The van der Waals surface area contributed by atoms with Gasteiger partial charge in [0, 0.05) is 18.3 Å². The van der Waals surface area contributed by atoms with E-state index >= 15 is 0 Å². The Labute approximate surface area is 119 Å². The van der Waals surface area contributed by atoms with Gasteiger partial charge in [0.1, 0.15) is 5.75 Å². The summed E-state index contributed by atoms with van der Waals surface area (Å²) in [5.74, 6) is 0.991. The first kappa shape index (κ1) is 13.2. The molecule has 4 nitrogen and oxygen atoms in total. The molecule has 20 heavy (non-hydrogen) atoms. The smallest absolute Gasteiger partial charge is 0.115 e. The Hall–Kier alpha value is -1.81. The van der Waals surface area contributed by atoms with Crippen molar-refractivity contribution in [3.05, 3.63) is 36.2 Å². The Balaban J connectivity index is 1.86. The first-order valence-corrected chi connectivity index (χ1v) is 7.25. The van der Waals surface area contributed by atoms with Crippen LogP contribution in [0.25, 0.3) is 11.1 Å². The predicted octanol–water partition coefficient (Wildman–Crippen LogP) is 2.33. The summed E-state index contributed by atoms with van der Waals surface area (Å²) in [7, 11) is 2.01. The molecule has 1 saturated heterocycles. The number of hydrogen-bond acceptors (Lipinski definition) is 3. The molecule has 2 heterocycles. The molecule has 3 rings (SSSR count). The van der Waals surface area contributed by atoms with E-state index in [9.17, 15) is 5.11 Å². The van der Waals surface area contributed by atoms with Crippen LogP contribution >= 0.6 is 0 Å². The molecular weight excluding hydrogens is 250 g/mol. The number of phenols is 1. The molecule has 0 aliphatic carbocycles. The van der Waals surface area contributed by atoms with Gasteiger partial charge in [0.05, 0.1) is 6.20 Å². The highest BCUT2D eigenvalue weighted by molar-refractivity contribution is 5.66. The van der Waals surface area contributed by atoms with Crippen LogP contribution in [0.15, 0.2) is 30.5 Å². The molecule has 1 fully saturated rings. The van der Waals surface area contributed by atoms with Gasteiger partial charge in [0.15, 0.2) is 0 Å². The van der Waals surface area contributed by atoms with Crippen molar-refractivity contribution in [1.29, 1.82) is 0 Å². The van der Waals surface area contributed by atoms with Gasteiger partial charge in [-0.3, -0.25) is 4.68 Å². The predicted molar refractivity (Wildman–Crippen MR) is 79.6 cm³/mol. The van der Waals surface area contributed by atoms with E-state index in [1.165, 1.54) is 24.1 Å². The second-order valence-corrected chi connectivity index (χ2v) is 5.59. The molecular formula is C16H21N3O. The molecule has 2 N–H and O–H groups in total. The molecule has 106 valence electrons. The second-order valence-electron chi connectivity index (χ2n) is 5.59. The number of rotatable bonds is 3. The molecule has 4 heteroatoms. The molecule has 0 spiro atoms. The van der Waals surface area contributed by atoms with E-state index in [4.69, 9.17) is 0 Å². The van der Waals surface area contributed by atoms with Crippen LogP contribution in [-0.2, 0) is 13.5 Å². The summed E-state index contributed by atoms with van der Waals surface area (Å²) in [5, 5.41) is 17.3. The summed E-state index contributed by atoms with van der Waals surface area (Å²) >= 11 is 0. The zero-order valence-corrected chi connectivity index (χ0v) is 11.8. The van der Waals surface area contributed by atoms with Crippen LogP contribution < -0.4 is 5.32 Å². The maximum atomic E-state index is 9.41. The van der Waals surface area contributed by atoms with Gasteiger partial charge in [0.25, 0.3) is 0 Å². The van der Waals surface area contributed by atoms with Gasteiger partial charge in [-0.15, -0.1) is 0 Å². The minimum atomic E-state index is 0.302. The lowest BCUT2D eigenvalue weighted by Crippen LogP contribution is -2.31. The first-order valence-electron chi connectivity index (χ1n) is 7.25. The summed E-state index contributed by atoms with van der Waals surface area (Å²) < 4.78 is 1.98. The quantitative estimate of drug-likeness (QED) is 0.901. The summed E-state index contributed by atoms with van der Waals surface area (Å²) in [6, 6.07) is 7.37. The molecule has 1 atom stereocenters. The number of hydrogen-bond donors (Lipinski definition) is 2. The van der Waals surface area contributed by atoms with Crippen molar-refractivity contribution in [1.82, 2.24) is 15.1 Å². The van der Waals surface area contributed by atoms with E-state index in [1.54, 1.807) is 12.1 Å². The van der Waals surface area contributed by atoms with Gasteiger partial charge >= 0.3 is 0 Å². The average molecular weight is 271 g/mol. The van der Waals surface area contributed by atoms with Crippen molar-refractivity contribution >= 4 is 0 Å². The minimum Gasteiger partial charge on any atom is -0.508 e. The van der Waals surface area contributed by atoms with Crippen LogP contribution in [0.4, 0.5) is 0 Å².